The molecule has 1 atom stereocenters. The molecule has 0 saturated carbocycles. The molecular weight excluding hydrogens is 350 g/mol. The number of hydrogen-bond acceptors (Lipinski definition) is 2. The molecule has 1 unspecified atom stereocenters. The second kappa shape index (κ2) is 6.39. The molecule has 0 N–H and O–H groups in total. The lowest BCUT2D eigenvalue weighted by Gasteiger charge is -2.24. The number of sulfonamides is 1. The third kappa shape index (κ3) is 3.06. The van der Waals surface area contributed by atoms with Crippen molar-refractivity contribution in [3.8, 4) is 0 Å². The second-order valence-corrected chi connectivity index (χ2v) is 8.71. The van der Waals surface area contributed by atoms with Gasteiger partial charge >= 0.3 is 0 Å². The minimum absolute atomic E-state index is 0.181. The summed E-state index contributed by atoms with van der Waals surface area (Å²) < 4.78 is 27.6. The van der Waals surface area contributed by atoms with Crippen molar-refractivity contribution in [2.75, 3.05) is 11.9 Å². The van der Waals surface area contributed by atoms with Crippen LogP contribution in [0.5, 0.6) is 0 Å². The number of aryl methyl sites for hydroxylation is 2. The largest absolute Gasteiger partial charge is 0.243 e. The summed E-state index contributed by atoms with van der Waals surface area (Å²) in [6.45, 7) is 0.673. The highest BCUT2D eigenvalue weighted by Crippen LogP contribution is 2.31. The molecule has 0 aromatic heterocycles. The summed E-state index contributed by atoms with van der Waals surface area (Å²) in [6.07, 6.45) is 7.22. The SMILES string of the molecule is O=S(=O)(c1ccc2c(c1)CCC2)N1CCCC1CCCBr. The normalized spacial score (nSPS) is 22.6. The Balaban J connectivity index is 1.85. The number of benzene rings is 1. The molecule has 3 nitrogen and oxygen atoms in total. The van der Waals surface area contributed by atoms with Gasteiger partial charge in [0.1, 0.15) is 0 Å². The third-order valence-electron chi connectivity index (χ3n) is 4.67. The lowest BCUT2D eigenvalue weighted by Crippen LogP contribution is -2.35. The Hall–Kier alpha value is -0.390. The van der Waals surface area contributed by atoms with Gasteiger partial charge in [0.15, 0.2) is 0 Å². The topological polar surface area (TPSA) is 37.4 Å². The predicted molar refractivity (Wildman–Crippen MR) is 88.4 cm³/mol. The lowest BCUT2D eigenvalue weighted by atomic mass is 10.1. The van der Waals surface area contributed by atoms with Crippen LogP contribution in [0.3, 0.4) is 0 Å². The van der Waals surface area contributed by atoms with Crippen molar-refractivity contribution in [1.82, 2.24) is 4.31 Å². The molecule has 21 heavy (non-hydrogen) atoms. The van der Waals surface area contributed by atoms with Crippen LogP contribution in [0.4, 0.5) is 0 Å². The van der Waals surface area contributed by atoms with Crippen molar-refractivity contribution in [1.29, 1.82) is 0 Å². The summed E-state index contributed by atoms with van der Waals surface area (Å²) in [5.74, 6) is 0. The number of nitrogens with zero attached hydrogens (tertiary/aromatic N) is 1. The van der Waals surface area contributed by atoms with Crippen LogP contribution >= 0.6 is 15.9 Å². The maximum Gasteiger partial charge on any atom is 0.243 e. The molecule has 1 fully saturated rings. The van der Waals surface area contributed by atoms with E-state index in [0.29, 0.717) is 11.4 Å². The predicted octanol–water partition coefficient (Wildman–Crippen LogP) is 3.50. The van der Waals surface area contributed by atoms with E-state index in [1.54, 1.807) is 10.4 Å². The molecule has 1 aliphatic heterocycles. The van der Waals surface area contributed by atoms with Gasteiger partial charge < -0.3 is 0 Å². The lowest BCUT2D eigenvalue weighted by molar-refractivity contribution is 0.369. The zero-order chi connectivity index (χ0) is 14.9. The zero-order valence-electron chi connectivity index (χ0n) is 12.2. The van der Waals surface area contributed by atoms with Crippen LogP contribution < -0.4 is 0 Å². The van der Waals surface area contributed by atoms with Crippen molar-refractivity contribution in [3.05, 3.63) is 29.3 Å². The highest BCUT2D eigenvalue weighted by Gasteiger charge is 2.35. The van der Waals surface area contributed by atoms with Crippen LogP contribution in [0.2, 0.25) is 0 Å². The van der Waals surface area contributed by atoms with E-state index in [2.05, 4.69) is 15.9 Å². The molecule has 0 radical (unpaired) electrons. The summed E-state index contributed by atoms with van der Waals surface area (Å²) in [5.41, 5.74) is 2.55. The fourth-order valence-corrected chi connectivity index (χ4v) is 5.67. The molecule has 1 aromatic carbocycles. The van der Waals surface area contributed by atoms with Crippen LogP contribution in [0.1, 0.15) is 43.2 Å². The van der Waals surface area contributed by atoms with E-state index in [-0.39, 0.29) is 6.04 Å². The molecule has 3 rings (SSSR count). The van der Waals surface area contributed by atoms with E-state index < -0.39 is 10.0 Å². The van der Waals surface area contributed by atoms with Crippen molar-refractivity contribution < 1.29 is 8.42 Å². The van der Waals surface area contributed by atoms with E-state index in [1.165, 1.54) is 11.1 Å². The van der Waals surface area contributed by atoms with Crippen molar-refractivity contribution in [2.24, 2.45) is 0 Å². The standard InChI is InChI=1S/C16H22BrNO2S/c17-10-2-6-15-7-3-11-18(15)21(19,20)16-9-8-13-4-1-5-14(13)12-16/h8-9,12,15H,1-7,10-11H2. The number of rotatable bonds is 5. The van der Waals surface area contributed by atoms with Gasteiger partial charge in [0.25, 0.3) is 0 Å². The minimum Gasteiger partial charge on any atom is -0.207 e. The van der Waals surface area contributed by atoms with Crippen LogP contribution in [0, 0.1) is 0 Å². The highest BCUT2D eigenvalue weighted by atomic mass is 79.9. The van der Waals surface area contributed by atoms with Gasteiger partial charge in [-0.05, 0) is 68.2 Å². The molecule has 0 bridgehead atoms. The Morgan fingerprint density at radius 1 is 1.19 bits per heavy atom. The molecule has 1 aliphatic carbocycles. The first-order valence-corrected chi connectivity index (χ1v) is 10.4. The van der Waals surface area contributed by atoms with Crippen LogP contribution in [0.25, 0.3) is 0 Å². The van der Waals surface area contributed by atoms with Crippen LogP contribution in [-0.4, -0.2) is 30.6 Å². The molecule has 0 spiro atoms. The maximum absolute atomic E-state index is 12.9. The Morgan fingerprint density at radius 3 is 2.81 bits per heavy atom. The van der Waals surface area contributed by atoms with E-state index >= 15 is 0 Å². The fourth-order valence-electron chi connectivity index (χ4n) is 3.57. The second-order valence-electron chi connectivity index (χ2n) is 6.03. The number of fused-ring (bicyclic) bond motifs is 1. The average Bonchev–Trinajstić information content (AvgIpc) is 3.13. The van der Waals surface area contributed by atoms with Gasteiger partial charge in [0.05, 0.1) is 4.90 Å². The van der Waals surface area contributed by atoms with E-state index in [1.807, 2.05) is 12.1 Å². The highest BCUT2D eigenvalue weighted by molar-refractivity contribution is 9.09. The summed E-state index contributed by atoms with van der Waals surface area (Å²) >= 11 is 3.44. The first-order chi connectivity index (χ1) is 10.1. The number of hydrogen-bond donors (Lipinski definition) is 0. The Morgan fingerprint density at radius 2 is 2.00 bits per heavy atom. The van der Waals surface area contributed by atoms with E-state index in [0.717, 1.165) is 50.3 Å². The fraction of sp³-hybridized carbons (Fsp3) is 0.625. The molecule has 116 valence electrons. The Kier molecular flexibility index (Phi) is 4.71. The molecule has 1 heterocycles. The minimum atomic E-state index is -3.32. The summed E-state index contributed by atoms with van der Waals surface area (Å²) in [5, 5.41) is 0.941. The summed E-state index contributed by atoms with van der Waals surface area (Å²) in [7, 11) is -3.32. The number of halogens is 1. The summed E-state index contributed by atoms with van der Waals surface area (Å²) in [6, 6.07) is 5.91. The number of alkyl halides is 1. The molecule has 1 saturated heterocycles. The van der Waals surface area contributed by atoms with Crippen molar-refractivity contribution in [2.45, 2.75) is 55.9 Å². The Bertz CT molecular complexity index is 615. The zero-order valence-corrected chi connectivity index (χ0v) is 14.6. The van der Waals surface area contributed by atoms with Gasteiger partial charge in [-0.25, -0.2) is 8.42 Å². The van der Waals surface area contributed by atoms with Gasteiger partial charge in [-0.2, -0.15) is 4.31 Å². The Labute approximate surface area is 135 Å². The van der Waals surface area contributed by atoms with Gasteiger partial charge in [0, 0.05) is 17.9 Å². The van der Waals surface area contributed by atoms with Gasteiger partial charge in [-0.15, -0.1) is 0 Å². The quantitative estimate of drug-likeness (QED) is 0.742. The summed E-state index contributed by atoms with van der Waals surface area (Å²) in [4.78, 5) is 0.494. The molecule has 5 heteroatoms. The first kappa shape index (κ1) is 15.5. The monoisotopic (exact) mass is 371 g/mol. The smallest absolute Gasteiger partial charge is 0.207 e. The van der Waals surface area contributed by atoms with Gasteiger partial charge in [-0.1, -0.05) is 22.0 Å². The van der Waals surface area contributed by atoms with Crippen LogP contribution in [-0.2, 0) is 22.9 Å². The van der Waals surface area contributed by atoms with Crippen LogP contribution in [0.15, 0.2) is 23.1 Å². The maximum atomic E-state index is 12.9. The van der Waals surface area contributed by atoms with Gasteiger partial charge in [0.2, 0.25) is 10.0 Å². The average molecular weight is 372 g/mol. The molecule has 2 aliphatic rings. The van der Waals surface area contributed by atoms with Gasteiger partial charge in [-0.3, -0.25) is 0 Å². The molecule has 0 amide bonds. The van der Waals surface area contributed by atoms with E-state index in [9.17, 15) is 8.42 Å². The third-order valence-corrected chi connectivity index (χ3v) is 7.18. The molecular formula is C16H22BrNO2S. The van der Waals surface area contributed by atoms with E-state index in [4.69, 9.17) is 0 Å². The van der Waals surface area contributed by atoms with Crippen molar-refractivity contribution >= 4 is 26.0 Å². The van der Waals surface area contributed by atoms with Crippen molar-refractivity contribution in [3.63, 3.8) is 0 Å². The molecule has 1 aromatic rings. The first-order valence-electron chi connectivity index (χ1n) is 7.82.